The maximum absolute atomic E-state index is 11.7. The Morgan fingerprint density at radius 3 is 1.46 bits per heavy atom. The zero-order valence-electron chi connectivity index (χ0n) is 16.1. The normalized spacial score (nSPS) is 10.7. The third-order valence-electron chi connectivity index (χ3n) is 3.87. The van der Waals surface area contributed by atoms with E-state index in [1.165, 1.54) is 0 Å². The maximum atomic E-state index is 11.7. The lowest BCUT2D eigenvalue weighted by Gasteiger charge is -2.14. The summed E-state index contributed by atoms with van der Waals surface area (Å²) in [7, 11) is 3.92. The standard InChI is InChI=1S/C18H30N4O4/c1-5-21(3)11-13-25-17(23)19-15-7-9-16(10-8-15)20-18(24)26-14-12-22(4)6-2/h7-10H,5-6,11-14H2,1-4H3,(H,19,23)(H,20,24). The van der Waals surface area contributed by atoms with Crippen molar-refractivity contribution in [3.05, 3.63) is 24.3 Å². The van der Waals surface area contributed by atoms with E-state index >= 15 is 0 Å². The molecule has 0 aliphatic carbocycles. The van der Waals surface area contributed by atoms with Gasteiger partial charge in [0.05, 0.1) is 0 Å². The summed E-state index contributed by atoms with van der Waals surface area (Å²) in [5.41, 5.74) is 1.17. The average Bonchev–Trinajstić information content (AvgIpc) is 2.62. The third-order valence-corrected chi connectivity index (χ3v) is 3.87. The Hall–Kier alpha value is -2.32. The van der Waals surface area contributed by atoms with Crippen LogP contribution in [0.3, 0.4) is 0 Å². The predicted molar refractivity (Wildman–Crippen MR) is 103 cm³/mol. The number of benzene rings is 1. The van der Waals surface area contributed by atoms with Crippen molar-refractivity contribution in [3.8, 4) is 0 Å². The minimum Gasteiger partial charge on any atom is -0.448 e. The van der Waals surface area contributed by atoms with Crippen LogP contribution in [0.15, 0.2) is 24.3 Å². The minimum absolute atomic E-state index is 0.328. The molecule has 0 aliphatic rings. The molecule has 0 spiro atoms. The number of likely N-dealkylation sites (N-methyl/N-ethyl adjacent to an activating group) is 2. The van der Waals surface area contributed by atoms with Crippen LogP contribution >= 0.6 is 0 Å². The Morgan fingerprint density at radius 1 is 0.808 bits per heavy atom. The number of carbonyl (C=O) groups excluding carboxylic acids is 2. The van der Waals surface area contributed by atoms with E-state index in [0.29, 0.717) is 37.7 Å². The van der Waals surface area contributed by atoms with Gasteiger partial charge in [-0.25, -0.2) is 9.59 Å². The minimum atomic E-state index is -0.505. The quantitative estimate of drug-likeness (QED) is 0.662. The van der Waals surface area contributed by atoms with Crippen LogP contribution in [0, 0.1) is 0 Å². The lowest BCUT2D eigenvalue weighted by Crippen LogP contribution is -2.25. The van der Waals surface area contributed by atoms with E-state index in [2.05, 4.69) is 10.6 Å². The lowest BCUT2D eigenvalue weighted by molar-refractivity contribution is 0.146. The van der Waals surface area contributed by atoms with Crippen LogP contribution in [0.25, 0.3) is 0 Å². The Labute approximate surface area is 155 Å². The Kier molecular flexibility index (Phi) is 10.1. The summed E-state index contributed by atoms with van der Waals surface area (Å²) >= 11 is 0. The van der Waals surface area contributed by atoms with E-state index in [9.17, 15) is 9.59 Å². The van der Waals surface area contributed by atoms with Gasteiger partial charge in [0, 0.05) is 24.5 Å². The monoisotopic (exact) mass is 366 g/mol. The first-order valence-electron chi connectivity index (χ1n) is 8.79. The first-order valence-corrected chi connectivity index (χ1v) is 8.79. The number of carbonyl (C=O) groups is 2. The van der Waals surface area contributed by atoms with Crippen LogP contribution in [0.5, 0.6) is 0 Å². The Morgan fingerprint density at radius 2 is 1.15 bits per heavy atom. The highest BCUT2D eigenvalue weighted by Gasteiger charge is 2.06. The van der Waals surface area contributed by atoms with Crippen LogP contribution in [-0.4, -0.2) is 75.5 Å². The van der Waals surface area contributed by atoms with Gasteiger partial charge in [-0.05, 0) is 51.5 Å². The zero-order chi connectivity index (χ0) is 19.4. The largest absolute Gasteiger partial charge is 0.448 e. The van der Waals surface area contributed by atoms with Gasteiger partial charge < -0.3 is 19.3 Å². The second kappa shape index (κ2) is 12.1. The fourth-order valence-electron chi connectivity index (χ4n) is 1.85. The van der Waals surface area contributed by atoms with Gasteiger partial charge in [-0.2, -0.15) is 0 Å². The van der Waals surface area contributed by atoms with Crippen molar-refractivity contribution in [3.63, 3.8) is 0 Å². The topological polar surface area (TPSA) is 83.1 Å². The van der Waals surface area contributed by atoms with Crippen LogP contribution in [-0.2, 0) is 9.47 Å². The number of nitrogens with one attached hydrogen (secondary N) is 2. The van der Waals surface area contributed by atoms with Gasteiger partial charge >= 0.3 is 12.2 Å². The van der Waals surface area contributed by atoms with Gasteiger partial charge in [0.2, 0.25) is 0 Å². The summed E-state index contributed by atoms with van der Waals surface area (Å²) in [6.45, 7) is 7.90. The second-order valence-electron chi connectivity index (χ2n) is 5.89. The molecule has 1 aromatic carbocycles. The molecule has 146 valence electrons. The molecule has 26 heavy (non-hydrogen) atoms. The van der Waals surface area contributed by atoms with Gasteiger partial charge in [-0.1, -0.05) is 13.8 Å². The molecule has 0 saturated heterocycles. The van der Waals surface area contributed by atoms with Crippen LogP contribution < -0.4 is 10.6 Å². The summed E-state index contributed by atoms with van der Waals surface area (Å²) in [4.78, 5) is 27.5. The molecule has 8 heteroatoms. The number of hydrogen-bond acceptors (Lipinski definition) is 6. The fraction of sp³-hybridized carbons (Fsp3) is 0.556. The summed E-state index contributed by atoms with van der Waals surface area (Å²) in [5, 5.41) is 5.28. The number of rotatable bonds is 10. The molecule has 2 amide bonds. The van der Waals surface area contributed by atoms with Crippen molar-refractivity contribution in [2.75, 3.05) is 64.1 Å². The van der Waals surface area contributed by atoms with E-state index < -0.39 is 12.2 Å². The van der Waals surface area contributed by atoms with Gasteiger partial charge in [-0.3, -0.25) is 10.6 Å². The molecule has 0 aromatic heterocycles. The molecule has 8 nitrogen and oxygen atoms in total. The van der Waals surface area contributed by atoms with E-state index in [0.717, 1.165) is 13.1 Å². The van der Waals surface area contributed by atoms with Crippen LogP contribution in [0.4, 0.5) is 21.0 Å². The molecule has 0 atom stereocenters. The molecule has 0 radical (unpaired) electrons. The van der Waals surface area contributed by atoms with Gasteiger partial charge in [0.15, 0.2) is 0 Å². The summed E-state index contributed by atoms with van der Waals surface area (Å²) in [6.07, 6.45) is -1.01. The first-order chi connectivity index (χ1) is 12.4. The van der Waals surface area contributed by atoms with Crippen molar-refractivity contribution in [1.82, 2.24) is 9.80 Å². The smallest absolute Gasteiger partial charge is 0.411 e. The number of anilines is 2. The first kappa shape index (κ1) is 21.7. The molecule has 0 heterocycles. The van der Waals surface area contributed by atoms with Crippen molar-refractivity contribution >= 4 is 23.6 Å². The molecule has 0 aliphatic heterocycles. The third kappa shape index (κ3) is 9.24. The van der Waals surface area contributed by atoms with Crippen LogP contribution in [0.2, 0.25) is 0 Å². The molecule has 1 aromatic rings. The van der Waals surface area contributed by atoms with E-state index in [1.54, 1.807) is 24.3 Å². The molecule has 0 saturated carbocycles. The highest BCUT2D eigenvalue weighted by Crippen LogP contribution is 2.14. The zero-order valence-corrected chi connectivity index (χ0v) is 16.1. The Bertz CT molecular complexity index is 502. The molecule has 0 bridgehead atoms. The maximum Gasteiger partial charge on any atom is 0.411 e. The SMILES string of the molecule is CCN(C)CCOC(=O)Nc1ccc(NC(=O)OCCN(C)CC)cc1. The fourth-order valence-corrected chi connectivity index (χ4v) is 1.85. The molecular formula is C18H30N4O4. The molecule has 0 unspecified atom stereocenters. The molecular weight excluding hydrogens is 336 g/mol. The van der Waals surface area contributed by atoms with E-state index in [1.807, 2.05) is 37.7 Å². The number of hydrogen-bond donors (Lipinski definition) is 2. The van der Waals surface area contributed by atoms with Crippen molar-refractivity contribution in [1.29, 1.82) is 0 Å². The molecule has 0 fully saturated rings. The van der Waals surface area contributed by atoms with Crippen molar-refractivity contribution in [2.45, 2.75) is 13.8 Å². The molecule has 1 rings (SSSR count). The number of amides is 2. The highest BCUT2D eigenvalue weighted by molar-refractivity contribution is 5.87. The molecule has 2 N–H and O–H groups in total. The summed E-state index contributed by atoms with van der Waals surface area (Å²) < 4.78 is 10.2. The van der Waals surface area contributed by atoms with Crippen molar-refractivity contribution < 1.29 is 19.1 Å². The van der Waals surface area contributed by atoms with Gasteiger partial charge in [0.1, 0.15) is 13.2 Å². The van der Waals surface area contributed by atoms with Crippen molar-refractivity contribution in [2.24, 2.45) is 0 Å². The van der Waals surface area contributed by atoms with Gasteiger partial charge in [-0.15, -0.1) is 0 Å². The predicted octanol–water partition coefficient (Wildman–Crippen LogP) is 2.69. The number of nitrogens with zero attached hydrogens (tertiary/aromatic N) is 2. The summed E-state index contributed by atoms with van der Waals surface area (Å²) in [5.74, 6) is 0. The van der Waals surface area contributed by atoms with E-state index in [-0.39, 0.29) is 0 Å². The average molecular weight is 366 g/mol. The van der Waals surface area contributed by atoms with Gasteiger partial charge in [0.25, 0.3) is 0 Å². The summed E-state index contributed by atoms with van der Waals surface area (Å²) in [6, 6.07) is 6.72. The second-order valence-corrected chi connectivity index (χ2v) is 5.89. The Balaban J connectivity index is 2.32. The highest BCUT2D eigenvalue weighted by atomic mass is 16.6. The number of ether oxygens (including phenoxy) is 2. The van der Waals surface area contributed by atoms with E-state index in [4.69, 9.17) is 9.47 Å². The lowest BCUT2D eigenvalue weighted by atomic mass is 10.3. The van der Waals surface area contributed by atoms with Crippen LogP contribution in [0.1, 0.15) is 13.8 Å².